The van der Waals surface area contributed by atoms with Crippen LogP contribution in [0.1, 0.15) is 35.7 Å². The Kier molecular flexibility index (Phi) is 7.99. The van der Waals surface area contributed by atoms with Gasteiger partial charge in [-0.25, -0.2) is 0 Å². The van der Waals surface area contributed by atoms with E-state index in [0.29, 0.717) is 27.8 Å². The highest BCUT2D eigenvalue weighted by molar-refractivity contribution is 7.99. The smallest absolute Gasteiger partial charge is 0.257 e. The van der Waals surface area contributed by atoms with Crippen molar-refractivity contribution in [2.75, 3.05) is 23.5 Å². The Bertz CT molecular complexity index is 1300. The molecule has 0 atom stereocenters. The van der Waals surface area contributed by atoms with Crippen molar-refractivity contribution in [1.29, 1.82) is 0 Å². The highest BCUT2D eigenvalue weighted by atomic mass is 32.2. The zero-order chi connectivity index (χ0) is 24.6. The Hall–Kier alpha value is -3.85. The molecule has 0 aliphatic heterocycles. The number of methoxy groups -OCH3 is 1. The number of hydrogen-bond donors (Lipinski definition) is 2. The maximum absolute atomic E-state index is 12.7. The van der Waals surface area contributed by atoms with Crippen molar-refractivity contribution in [3.8, 4) is 5.75 Å². The van der Waals surface area contributed by atoms with E-state index in [1.807, 2.05) is 24.3 Å². The van der Waals surface area contributed by atoms with Crippen molar-refractivity contribution in [3.05, 3.63) is 78.0 Å². The fourth-order valence-corrected chi connectivity index (χ4v) is 4.16. The summed E-state index contributed by atoms with van der Waals surface area (Å²) in [6.45, 7) is 2.17. The van der Waals surface area contributed by atoms with Gasteiger partial charge in [0.25, 0.3) is 5.91 Å². The fourth-order valence-electron chi connectivity index (χ4n) is 3.44. The summed E-state index contributed by atoms with van der Waals surface area (Å²) in [4.78, 5) is 25.2. The summed E-state index contributed by atoms with van der Waals surface area (Å²) in [7, 11) is 1.59. The molecule has 0 spiro atoms. The summed E-state index contributed by atoms with van der Waals surface area (Å²) in [5.41, 5.74) is 3.73. The molecule has 0 fully saturated rings. The maximum atomic E-state index is 12.7. The first-order valence-electron chi connectivity index (χ1n) is 11.4. The molecule has 0 radical (unpaired) electrons. The SMILES string of the molecule is CCCCc1ccc(NC(=O)CSc2nnc3ccc(C(=O)Nc4ccc(OC)cc4)cn23)cc1. The Morgan fingerprint density at radius 1 is 0.943 bits per heavy atom. The van der Waals surface area contributed by atoms with Gasteiger partial charge in [0.1, 0.15) is 5.75 Å². The number of hydrogen-bond acceptors (Lipinski definition) is 6. The van der Waals surface area contributed by atoms with Crippen LogP contribution in [0.15, 0.2) is 72.0 Å². The lowest BCUT2D eigenvalue weighted by Gasteiger charge is -2.08. The van der Waals surface area contributed by atoms with E-state index in [9.17, 15) is 9.59 Å². The molecule has 0 aliphatic rings. The minimum Gasteiger partial charge on any atom is -0.497 e. The third-order valence-corrected chi connectivity index (χ3v) is 6.31. The number of thioether (sulfide) groups is 1. The van der Waals surface area contributed by atoms with Crippen LogP contribution in [0.25, 0.3) is 5.65 Å². The van der Waals surface area contributed by atoms with E-state index < -0.39 is 0 Å². The molecule has 0 aliphatic carbocycles. The first kappa shape index (κ1) is 24.3. The number of anilines is 2. The zero-order valence-corrected chi connectivity index (χ0v) is 20.5. The number of rotatable bonds is 10. The number of ether oxygens (including phenoxy) is 1. The molecule has 2 amide bonds. The highest BCUT2D eigenvalue weighted by Crippen LogP contribution is 2.20. The van der Waals surface area contributed by atoms with Gasteiger partial charge < -0.3 is 15.4 Å². The Labute approximate surface area is 208 Å². The number of nitrogens with zero attached hydrogens (tertiary/aromatic N) is 3. The van der Waals surface area contributed by atoms with E-state index in [0.717, 1.165) is 24.9 Å². The molecule has 2 aromatic heterocycles. The number of amides is 2. The van der Waals surface area contributed by atoms with Crippen molar-refractivity contribution in [2.24, 2.45) is 0 Å². The van der Waals surface area contributed by atoms with Crippen molar-refractivity contribution in [2.45, 2.75) is 31.3 Å². The van der Waals surface area contributed by atoms with Gasteiger partial charge in [-0.1, -0.05) is 37.2 Å². The molecule has 0 bridgehead atoms. The second kappa shape index (κ2) is 11.5. The summed E-state index contributed by atoms with van der Waals surface area (Å²) in [5.74, 6) is 0.479. The first-order valence-corrected chi connectivity index (χ1v) is 12.4. The van der Waals surface area contributed by atoms with Crippen molar-refractivity contribution >= 4 is 40.6 Å². The largest absolute Gasteiger partial charge is 0.497 e. The average molecular weight is 490 g/mol. The monoisotopic (exact) mass is 489 g/mol. The number of fused-ring (bicyclic) bond motifs is 1. The molecular formula is C26H27N5O3S. The lowest BCUT2D eigenvalue weighted by atomic mass is 10.1. The van der Waals surface area contributed by atoms with Crippen molar-refractivity contribution in [3.63, 3.8) is 0 Å². The summed E-state index contributed by atoms with van der Waals surface area (Å²) in [6.07, 6.45) is 5.02. The number of aromatic nitrogens is 3. The van der Waals surface area contributed by atoms with Gasteiger partial charge in [-0.2, -0.15) is 0 Å². The molecule has 0 saturated carbocycles. The second-order valence-corrected chi connectivity index (χ2v) is 8.89. The highest BCUT2D eigenvalue weighted by Gasteiger charge is 2.13. The fraction of sp³-hybridized carbons (Fsp3) is 0.231. The molecule has 180 valence electrons. The van der Waals surface area contributed by atoms with Crippen LogP contribution in [0, 0.1) is 0 Å². The molecule has 2 aromatic carbocycles. The molecule has 4 rings (SSSR count). The number of carbonyl (C=O) groups excluding carboxylic acids is 2. The minimum atomic E-state index is -0.262. The van der Waals surface area contributed by atoms with Crippen LogP contribution >= 0.6 is 11.8 Å². The standard InChI is InChI=1S/C26H27N5O3S/c1-3-4-5-18-6-9-20(10-7-18)27-24(32)17-35-26-30-29-23-15-8-19(16-31(23)26)25(33)28-21-11-13-22(34-2)14-12-21/h6-16H,3-5,17H2,1-2H3,(H,27,32)(H,28,33). The van der Waals surface area contributed by atoms with E-state index in [2.05, 4.69) is 27.8 Å². The Morgan fingerprint density at radius 2 is 1.66 bits per heavy atom. The van der Waals surface area contributed by atoms with Gasteiger partial charge in [-0.05, 0) is 66.9 Å². The van der Waals surface area contributed by atoms with Gasteiger partial charge in [0, 0.05) is 17.6 Å². The molecule has 9 heteroatoms. The van der Waals surface area contributed by atoms with E-state index >= 15 is 0 Å². The van der Waals surface area contributed by atoms with Gasteiger partial charge in [0.2, 0.25) is 5.91 Å². The molecule has 0 unspecified atom stereocenters. The second-order valence-electron chi connectivity index (χ2n) is 7.95. The van der Waals surface area contributed by atoms with E-state index in [1.165, 1.54) is 17.3 Å². The van der Waals surface area contributed by atoms with E-state index in [1.54, 1.807) is 54.1 Å². The number of carbonyl (C=O) groups is 2. The molecule has 2 heterocycles. The van der Waals surface area contributed by atoms with Crippen molar-refractivity contribution in [1.82, 2.24) is 14.6 Å². The molecule has 0 saturated heterocycles. The van der Waals surface area contributed by atoms with Crippen LogP contribution in [-0.2, 0) is 11.2 Å². The molecule has 2 N–H and O–H groups in total. The number of pyridine rings is 1. The van der Waals surface area contributed by atoms with E-state index in [-0.39, 0.29) is 17.6 Å². The van der Waals surface area contributed by atoms with Crippen LogP contribution in [-0.4, -0.2) is 39.3 Å². The van der Waals surface area contributed by atoms with Crippen LogP contribution in [0.4, 0.5) is 11.4 Å². The predicted octanol–water partition coefficient (Wildman–Crippen LogP) is 5.06. The molecule has 35 heavy (non-hydrogen) atoms. The number of aryl methyl sites for hydroxylation is 1. The van der Waals surface area contributed by atoms with E-state index in [4.69, 9.17) is 4.74 Å². The number of nitrogens with one attached hydrogen (secondary N) is 2. The lowest BCUT2D eigenvalue weighted by Crippen LogP contribution is -2.14. The summed E-state index contributed by atoms with van der Waals surface area (Å²) < 4.78 is 6.85. The summed E-state index contributed by atoms with van der Waals surface area (Å²) in [5, 5.41) is 14.6. The molecular weight excluding hydrogens is 462 g/mol. The van der Waals surface area contributed by atoms with Gasteiger partial charge in [-0.15, -0.1) is 10.2 Å². The normalized spacial score (nSPS) is 10.8. The van der Waals surface area contributed by atoms with Gasteiger partial charge >= 0.3 is 0 Å². The average Bonchev–Trinajstić information content (AvgIpc) is 3.29. The Balaban J connectivity index is 1.37. The van der Waals surface area contributed by atoms with Crippen LogP contribution < -0.4 is 15.4 Å². The topological polar surface area (TPSA) is 97.6 Å². The van der Waals surface area contributed by atoms with Gasteiger partial charge in [0.15, 0.2) is 10.8 Å². The van der Waals surface area contributed by atoms with Crippen LogP contribution in [0.3, 0.4) is 0 Å². The predicted molar refractivity (Wildman–Crippen MR) is 138 cm³/mol. The summed E-state index contributed by atoms with van der Waals surface area (Å²) in [6, 6.07) is 18.4. The van der Waals surface area contributed by atoms with Gasteiger partial charge in [-0.3, -0.25) is 14.0 Å². The molecule has 8 nitrogen and oxygen atoms in total. The third-order valence-electron chi connectivity index (χ3n) is 5.37. The third kappa shape index (κ3) is 6.39. The first-order chi connectivity index (χ1) is 17.1. The zero-order valence-electron chi connectivity index (χ0n) is 19.7. The summed E-state index contributed by atoms with van der Waals surface area (Å²) >= 11 is 1.26. The maximum Gasteiger partial charge on any atom is 0.257 e. The van der Waals surface area contributed by atoms with Gasteiger partial charge in [0.05, 0.1) is 18.4 Å². The number of benzene rings is 2. The minimum absolute atomic E-state index is 0.138. The van der Waals surface area contributed by atoms with Crippen LogP contribution in [0.2, 0.25) is 0 Å². The van der Waals surface area contributed by atoms with Crippen molar-refractivity contribution < 1.29 is 14.3 Å². The quantitative estimate of drug-likeness (QED) is 0.302. The Morgan fingerprint density at radius 3 is 2.37 bits per heavy atom. The molecule has 4 aromatic rings. The number of unbranched alkanes of at least 4 members (excludes halogenated alkanes) is 1. The lowest BCUT2D eigenvalue weighted by molar-refractivity contribution is -0.113. The van der Waals surface area contributed by atoms with Crippen LogP contribution in [0.5, 0.6) is 5.75 Å².